The van der Waals surface area contributed by atoms with Gasteiger partial charge in [-0.3, -0.25) is 4.90 Å². The monoisotopic (exact) mass is 287 g/mol. The number of nitrogens with zero attached hydrogens (tertiary/aromatic N) is 1. The summed E-state index contributed by atoms with van der Waals surface area (Å²) in [6, 6.07) is 8.14. The lowest BCUT2D eigenvalue weighted by Crippen LogP contribution is -2.34. The zero-order valence-electron chi connectivity index (χ0n) is 12.5. The molecule has 2 aliphatic rings. The van der Waals surface area contributed by atoms with Crippen LogP contribution in [-0.4, -0.2) is 25.5 Å². The highest BCUT2D eigenvalue weighted by atomic mass is 16.7. The van der Waals surface area contributed by atoms with E-state index in [-0.39, 0.29) is 12.1 Å². The van der Waals surface area contributed by atoms with Gasteiger partial charge in [0.15, 0.2) is 0 Å². The van der Waals surface area contributed by atoms with Gasteiger partial charge in [-0.05, 0) is 49.8 Å². The van der Waals surface area contributed by atoms with E-state index < -0.39 is 6.29 Å². The number of cyclic esters (lactones) is 1. The van der Waals surface area contributed by atoms with Crippen LogP contribution in [0.5, 0.6) is 0 Å². The van der Waals surface area contributed by atoms with Crippen LogP contribution in [0.15, 0.2) is 36.4 Å². The van der Waals surface area contributed by atoms with Crippen LogP contribution in [0, 0.1) is 0 Å². The Labute approximate surface area is 125 Å². The SMILES string of the molecule is COC1OC(=O)N(c2ccc(C3CC=CCC3)cc2)C1C. The summed E-state index contributed by atoms with van der Waals surface area (Å²) in [7, 11) is 1.55. The number of benzene rings is 1. The van der Waals surface area contributed by atoms with Crippen LogP contribution in [0.4, 0.5) is 10.5 Å². The number of carbonyl (C=O) groups is 1. The van der Waals surface area contributed by atoms with Gasteiger partial charge in [0.05, 0.1) is 0 Å². The first-order chi connectivity index (χ1) is 10.2. The molecule has 1 heterocycles. The van der Waals surface area contributed by atoms with E-state index in [1.165, 1.54) is 12.0 Å². The summed E-state index contributed by atoms with van der Waals surface area (Å²) in [5, 5.41) is 0. The van der Waals surface area contributed by atoms with Gasteiger partial charge in [-0.1, -0.05) is 24.3 Å². The van der Waals surface area contributed by atoms with Crippen molar-refractivity contribution in [2.45, 2.75) is 44.4 Å². The molecule has 1 fully saturated rings. The molecular weight excluding hydrogens is 266 g/mol. The smallest absolute Gasteiger partial charge is 0.417 e. The second-order valence-corrected chi connectivity index (χ2v) is 5.67. The number of ether oxygens (including phenoxy) is 2. The predicted octanol–water partition coefficient (Wildman–Crippen LogP) is 3.83. The van der Waals surface area contributed by atoms with Gasteiger partial charge >= 0.3 is 6.09 Å². The minimum atomic E-state index is -0.499. The van der Waals surface area contributed by atoms with Crippen molar-refractivity contribution in [3.63, 3.8) is 0 Å². The maximum Gasteiger partial charge on any atom is 0.417 e. The Morgan fingerprint density at radius 1 is 1.24 bits per heavy atom. The van der Waals surface area contributed by atoms with E-state index in [4.69, 9.17) is 9.47 Å². The van der Waals surface area contributed by atoms with Crippen LogP contribution >= 0.6 is 0 Å². The molecule has 1 aromatic carbocycles. The van der Waals surface area contributed by atoms with E-state index in [0.717, 1.165) is 18.5 Å². The molecule has 0 bridgehead atoms. The maximum atomic E-state index is 12.0. The molecule has 0 radical (unpaired) electrons. The molecule has 1 saturated heterocycles. The molecule has 4 heteroatoms. The second kappa shape index (κ2) is 5.90. The second-order valence-electron chi connectivity index (χ2n) is 5.67. The number of hydrogen-bond donors (Lipinski definition) is 0. The van der Waals surface area contributed by atoms with E-state index >= 15 is 0 Å². The van der Waals surface area contributed by atoms with Crippen molar-refractivity contribution in [1.29, 1.82) is 0 Å². The molecule has 3 rings (SSSR count). The Hall–Kier alpha value is -1.81. The van der Waals surface area contributed by atoms with Gasteiger partial charge in [0.25, 0.3) is 0 Å². The zero-order chi connectivity index (χ0) is 14.8. The van der Waals surface area contributed by atoms with Crippen LogP contribution < -0.4 is 4.90 Å². The van der Waals surface area contributed by atoms with E-state index in [2.05, 4.69) is 24.3 Å². The number of carbonyl (C=O) groups excluding carboxylic acids is 1. The molecule has 0 aromatic heterocycles. The largest absolute Gasteiger partial charge is 0.417 e. The van der Waals surface area contributed by atoms with Gasteiger partial charge in [-0.15, -0.1) is 0 Å². The van der Waals surface area contributed by atoms with E-state index in [9.17, 15) is 4.79 Å². The Morgan fingerprint density at radius 3 is 2.57 bits per heavy atom. The van der Waals surface area contributed by atoms with Crippen LogP contribution in [0.3, 0.4) is 0 Å². The van der Waals surface area contributed by atoms with Gasteiger partial charge in [0.1, 0.15) is 6.04 Å². The summed E-state index contributed by atoms with van der Waals surface area (Å²) < 4.78 is 10.4. The molecule has 112 valence electrons. The molecule has 0 N–H and O–H groups in total. The van der Waals surface area contributed by atoms with Crippen molar-refractivity contribution in [3.8, 4) is 0 Å². The third-order valence-electron chi connectivity index (χ3n) is 4.36. The molecule has 3 atom stereocenters. The van der Waals surface area contributed by atoms with Gasteiger partial charge in [-0.25, -0.2) is 4.79 Å². The molecule has 0 spiro atoms. The summed E-state index contributed by atoms with van der Waals surface area (Å²) in [5.41, 5.74) is 2.20. The van der Waals surface area contributed by atoms with E-state index in [1.807, 2.05) is 19.1 Å². The van der Waals surface area contributed by atoms with Gasteiger partial charge in [0, 0.05) is 12.8 Å². The van der Waals surface area contributed by atoms with Crippen molar-refractivity contribution in [1.82, 2.24) is 0 Å². The highest BCUT2D eigenvalue weighted by Gasteiger charge is 2.39. The zero-order valence-corrected chi connectivity index (χ0v) is 12.5. The summed E-state index contributed by atoms with van der Waals surface area (Å²) in [6.45, 7) is 1.93. The minimum Gasteiger partial charge on any atom is -0.417 e. The average Bonchev–Trinajstić information content (AvgIpc) is 2.82. The third-order valence-corrected chi connectivity index (χ3v) is 4.36. The molecule has 21 heavy (non-hydrogen) atoms. The van der Waals surface area contributed by atoms with E-state index in [0.29, 0.717) is 5.92 Å². The summed E-state index contributed by atoms with van der Waals surface area (Å²) in [5.74, 6) is 0.596. The first kappa shape index (κ1) is 14.1. The number of amides is 1. The topological polar surface area (TPSA) is 38.8 Å². The minimum absolute atomic E-state index is 0.119. The van der Waals surface area contributed by atoms with Gasteiger partial charge < -0.3 is 9.47 Å². The quantitative estimate of drug-likeness (QED) is 0.793. The van der Waals surface area contributed by atoms with Crippen molar-refractivity contribution in [3.05, 3.63) is 42.0 Å². The fourth-order valence-electron chi connectivity index (χ4n) is 3.13. The Balaban J connectivity index is 1.78. The predicted molar refractivity (Wildman–Crippen MR) is 81.4 cm³/mol. The molecule has 1 aromatic rings. The van der Waals surface area contributed by atoms with Crippen molar-refractivity contribution in [2.75, 3.05) is 12.0 Å². The number of hydrogen-bond acceptors (Lipinski definition) is 3. The highest BCUT2D eigenvalue weighted by molar-refractivity contribution is 5.90. The number of methoxy groups -OCH3 is 1. The number of rotatable bonds is 3. The van der Waals surface area contributed by atoms with Crippen molar-refractivity contribution >= 4 is 11.8 Å². The molecule has 1 aliphatic heterocycles. The van der Waals surface area contributed by atoms with Crippen LogP contribution in [0.2, 0.25) is 0 Å². The summed E-state index contributed by atoms with van der Waals surface area (Å²) in [6.07, 6.45) is 7.11. The Kier molecular flexibility index (Phi) is 3.97. The van der Waals surface area contributed by atoms with Crippen molar-refractivity contribution in [2.24, 2.45) is 0 Å². The van der Waals surface area contributed by atoms with Crippen LogP contribution in [0.25, 0.3) is 0 Å². The summed E-state index contributed by atoms with van der Waals surface area (Å²) in [4.78, 5) is 13.6. The summed E-state index contributed by atoms with van der Waals surface area (Å²) >= 11 is 0. The Morgan fingerprint density at radius 2 is 2.00 bits per heavy atom. The lowest BCUT2D eigenvalue weighted by Gasteiger charge is -2.22. The molecular formula is C17H21NO3. The first-order valence-electron chi connectivity index (χ1n) is 7.48. The van der Waals surface area contributed by atoms with Crippen molar-refractivity contribution < 1.29 is 14.3 Å². The first-order valence-corrected chi connectivity index (χ1v) is 7.48. The van der Waals surface area contributed by atoms with Crippen LogP contribution in [0.1, 0.15) is 37.7 Å². The average molecular weight is 287 g/mol. The molecule has 3 unspecified atom stereocenters. The van der Waals surface area contributed by atoms with Gasteiger partial charge in [-0.2, -0.15) is 0 Å². The fraction of sp³-hybridized carbons (Fsp3) is 0.471. The molecule has 4 nitrogen and oxygen atoms in total. The lowest BCUT2D eigenvalue weighted by molar-refractivity contribution is -0.0640. The lowest BCUT2D eigenvalue weighted by atomic mass is 9.88. The maximum absolute atomic E-state index is 12.0. The van der Waals surface area contributed by atoms with Crippen LogP contribution in [-0.2, 0) is 9.47 Å². The fourth-order valence-corrected chi connectivity index (χ4v) is 3.13. The highest BCUT2D eigenvalue weighted by Crippen LogP contribution is 2.32. The van der Waals surface area contributed by atoms with Gasteiger partial charge in [0.2, 0.25) is 6.29 Å². The Bertz CT molecular complexity index is 537. The molecule has 1 aliphatic carbocycles. The molecule has 0 saturated carbocycles. The normalized spacial score (nSPS) is 28.8. The third kappa shape index (κ3) is 2.68. The van der Waals surface area contributed by atoms with E-state index in [1.54, 1.807) is 12.0 Å². The molecule has 1 amide bonds. The number of anilines is 1. The standard InChI is InChI=1S/C17H21NO3/c1-12-16(20-2)21-17(19)18(12)15-10-8-14(9-11-15)13-6-4-3-5-7-13/h3-4,8-13,16H,5-7H2,1-2H3. The number of allylic oxidation sites excluding steroid dienone is 2.